The van der Waals surface area contributed by atoms with E-state index in [1.807, 2.05) is 40.0 Å². The van der Waals surface area contributed by atoms with E-state index in [0.29, 0.717) is 11.3 Å². The van der Waals surface area contributed by atoms with Crippen molar-refractivity contribution in [1.29, 1.82) is 0 Å². The number of carbonyl (C=O) groups is 1. The molecule has 0 bridgehead atoms. The number of hydrogen-bond acceptors (Lipinski definition) is 4. The first-order chi connectivity index (χ1) is 11.4. The molecule has 24 heavy (non-hydrogen) atoms. The lowest BCUT2D eigenvalue weighted by atomic mass is 10.1. The van der Waals surface area contributed by atoms with Crippen LogP contribution in [-0.2, 0) is 0 Å². The van der Waals surface area contributed by atoms with E-state index in [2.05, 4.69) is 5.32 Å². The zero-order valence-corrected chi connectivity index (χ0v) is 14.5. The van der Waals surface area contributed by atoms with E-state index in [9.17, 15) is 9.90 Å². The number of benzene rings is 2. The number of rotatable bonds is 6. The van der Waals surface area contributed by atoms with E-state index < -0.39 is 0 Å². The molecule has 2 N–H and O–H groups in total. The van der Waals surface area contributed by atoms with E-state index in [1.54, 1.807) is 30.3 Å². The molecule has 0 unspecified atom stereocenters. The Kier molecular flexibility index (Phi) is 5.64. The van der Waals surface area contributed by atoms with Gasteiger partial charge in [0.25, 0.3) is 0 Å². The fraction of sp³-hybridized carbons (Fsp3) is 0.250. The van der Waals surface area contributed by atoms with E-state index in [4.69, 9.17) is 4.74 Å². The minimum Gasteiger partial charge on any atom is -0.508 e. The molecule has 0 fully saturated rings. The van der Waals surface area contributed by atoms with Gasteiger partial charge < -0.3 is 15.2 Å². The Hall–Kier alpha value is -2.75. The topological polar surface area (TPSA) is 58.6 Å². The number of allylic oxidation sites excluding steroid dienone is 1. The summed E-state index contributed by atoms with van der Waals surface area (Å²) < 4.78 is 5.72. The minimum absolute atomic E-state index is 0.0240. The number of phenols is 1. The Morgan fingerprint density at radius 1 is 1.21 bits per heavy atom. The molecular formula is C20H23NO3. The zero-order chi connectivity index (χ0) is 17.7. The standard InChI is InChI=1S/C20H23NO3/c1-13(2)24-20-12-19(23)14(3)11-16(20)7-10-18(22)15-5-8-17(21-4)9-6-15/h5-13,21,23H,1-4H3/b10-7+. The van der Waals surface area contributed by atoms with Crippen LogP contribution in [0.4, 0.5) is 5.69 Å². The van der Waals surface area contributed by atoms with Crippen molar-refractivity contribution in [1.82, 2.24) is 0 Å². The van der Waals surface area contributed by atoms with Crippen LogP contribution in [0.2, 0.25) is 0 Å². The summed E-state index contributed by atoms with van der Waals surface area (Å²) in [6, 6.07) is 10.7. The fourth-order valence-corrected chi connectivity index (χ4v) is 2.25. The smallest absolute Gasteiger partial charge is 0.185 e. The Morgan fingerprint density at radius 3 is 2.46 bits per heavy atom. The number of ketones is 1. The van der Waals surface area contributed by atoms with Crippen molar-refractivity contribution in [3.63, 3.8) is 0 Å². The first kappa shape index (κ1) is 17.6. The molecule has 126 valence electrons. The van der Waals surface area contributed by atoms with E-state index in [-0.39, 0.29) is 17.6 Å². The number of aromatic hydroxyl groups is 1. The first-order valence-corrected chi connectivity index (χ1v) is 7.91. The maximum absolute atomic E-state index is 12.3. The highest BCUT2D eigenvalue weighted by atomic mass is 16.5. The van der Waals surface area contributed by atoms with E-state index in [0.717, 1.165) is 16.8 Å². The van der Waals surface area contributed by atoms with Crippen molar-refractivity contribution >= 4 is 17.5 Å². The number of ether oxygens (including phenoxy) is 1. The molecule has 2 rings (SSSR count). The van der Waals surface area contributed by atoms with Gasteiger partial charge in [-0.1, -0.05) is 0 Å². The molecule has 0 aliphatic heterocycles. The van der Waals surface area contributed by atoms with Gasteiger partial charge in [0.15, 0.2) is 5.78 Å². The number of nitrogens with one attached hydrogen (secondary N) is 1. The third kappa shape index (κ3) is 4.38. The number of phenolic OH excluding ortho intramolecular Hbond substituents is 1. The van der Waals surface area contributed by atoms with Crippen LogP contribution in [0, 0.1) is 6.92 Å². The van der Waals surface area contributed by atoms with Crippen molar-refractivity contribution in [2.45, 2.75) is 26.9 Å². The SMILES string of the molecule is CNc1ccc(C(=O)/C=C/c2cc(C)c(O)cc2OC(C)C)cc1. The zero-order valence-electron chi connectivity index (χ0n) is 14.5. The van der Waals surface area contributed by atoms with Crippen molar-refractivity contribution < 1.29 is 14.6 Å². The minimum atomic E-state index is -0.0844. The molecule has 2 aromatic rings. The average molecular weight is 325 g/mol. The summed E-state index contributed by atoms with van der Waals surface area (Å²) >= 11 is 0. The summed E-state index contributed by atoms with van der Waals surface area (Å²) in [6.45, 7) is 5.64. The molecule has 4 nitrogen and oxygen atoms in total. The van der Waals surface area contributed by atoms with Gasteiger partial charge in [-0.2, -0.15) is 0 Å². The Labute approximate surface area is 142 Å². The molecule has 0 spiro atoms. The highest BCUT2D eigenvalue weighted by molar-refractivity contribution is 6.07. The number of anilines is 1. The largest absolute Gasteiger partial charge is 0.508 e. The first-order valence-electron chi connectivity index (χ1n) is 7.91. The molecule has 0 aliphatic rings. The van der Waals surface area contributed by atoms with Gasteiger partial charge in [-0.3, -0.25) is 4.79 Å². The molecule has 2 aromatic carbocycles. The second-order valence-electron chi connectivity index (χ2n) is 5.87. The lowest BCUT2D eigenvalue weighted by Crippen LogP contribution is -2.06. The molecule has 0 aromatic heterocycles. The van der Waals surface area contributed by atoms with Gasteiger partial charge in [-0.05, 0) is 68.8 Å². The molecule has 0 heterocycles. The number of hydrogen-bond donors (Lipinski definition) is 2. The van der Waals surface area contributed by atoms with Crippen LogP contribution in [0.25, 0.3) is 6.08 Å². The van der Waals surface area contributed by atoms with Crippen molar-refractivity contribution in [2.24, 2.45) is 0 Å². The average Bonchev–Trinajstić information content (AvgIpc) is 2.56. The van der Waals surface area contributed by atoms with Crippen LogP contribution >= 0.6 is 0 Å². The Bertz CT molecular complexity index is 746. The number of carbonyl (C=O) groups excluding carboxylic acids is 1. The molecular weight excluding hydrogens is 302 g/mol. The van der Waals surface area contributed by atoms with Crippen LogP contribution in [0.5, 0.6) is 11.5 Å². The molecule has 0 saturated carbocycles. The Morgan fingerprint density at radius 2 is 1.88 bits per heavy atom. The predicted octanol–water partition coefficient (Wildman–Crippen LogP) is 4.43. The summed E-state index contributed by atoms with van der Waals surface area (Å²) in [5, 5.41) is 12.9. The van der Waals surface area contributed by atoms with Crippen LogP contribution < -0.4 is 10.1 Å². The maximum Gasteiger partial charge on any atom is 0.185 e. The predicted molar refractivity (Wildman–Crippen MR) is 98.0 cm³/mol. The number of aryl methyl sites for hydroxylation is 1. The lowest BCUT2D eigenvalue weighted by molar-refractivity contribution is 0.104. The fourth-order valence-electron chi connectivity index (χ4n) is 2.25. The molecule has 0 aliphatic carbocycles. The lowest BCUT2D eigenvalue weighted by Gasteiger charge is -2.14. The molecule has 0 radical (unpaired) electrons. The monoisotopic (exact) mass is 325 g/mol. The summed E-state index contributed by atoms with van der Waals surface area (Å²) in [7, 11) is 1.83. The van der Waals surface area contributed by atoms with Crippen LogP contribution in [0.15, 0.2) is 42.5 Å². The summed E-state index contributed by atoms with van der Waals surface area (Å²) in [4.78, 5) is 12.3. The highest BCUT2D eigenvalue weighted by Gasteiger charge is 2.09. The normalized spacial score (nSPS) is 11.0. The van der Waals surface area contributed by atoms with Gasteiger partial charge in [-0.25, -0.2) is 0 Å². The summed E-state index contributed by atoms with van der Waals surface area (Å²) in [5.41, 5.74) is 3.07. The maximum atomic E-state index is 12.3. The van der Waals surface area contributed by atoms with Gasteiger partial charge >= 0.3 is 0 Å². The summed E-state index contributed by atoms with van der Waals surface area (Å²) in [5.74, 6) is 0.651. The highest BCUT2D eigenvalue weighted by Crippen LogP contribution is 2.29. The van der Waals surface area contributed by atoms with E-state index >= 15 is 0 Å². The van der Waals surface area contributed by atoms with Gasteiger partial charge in [0.2, 0.25) is 0 Å². The van der Waals surface area contributed by atoms with Crippen LogP contribution in [0.1, 0.15) is 35.3 Å². The van der Waals surface area contributed by atoms with Crippen molar-refractivity contribution in [3.05, 3.63) is 59.2 Å². The van der Waals surface area contributed by atoms with E-state index in [1.165, 1.54) is 6.08 Å². The quantitative estimate of drug-likeness (QED) is 0.609. The second kappa shape index (κ2) is 7.68. The third-order valence-electron chi connectivity index (χ3n) is 3.56. The van der Waals surface area contributed by atoms with Gasteiger partial charge in [0.1, 0.15) is 11.5 Å². The second-order valence-corrected chi connectivity index (χ2v) is 5.87. The Balaban J connectivity index is 2.26. The van der Waals surface area contributed by atoms with Crippen LogP contribution in [-0.4, -0.2) is 24.0 Å². The van der Waals surface area contributed by atoms with Crippen LogP contribution in [0.3, 0.4) is 0 Å². The molecule has 0 atom stereocenters. The molecule has 0 saturated heterocycles. The van der Waals surface area contributed by atoms with Crippen molar-refractivity contribution in [3.8, 4) is 11.5 Å². The van der Waals surface area contributed by atoms with Crippen molar-refractivity contribution in [2.75, 3.05) is 12.4 Å². The van der Waals surface area contributed by atoms with Gasteiger partial charge in [0, 0.05) is 29.9 Å². The van der Waals surface area contributed by atoms with Gasteiger partial charge in [0.05, 0.1) is 6.10 Å². The summed E-state index contributed by atoms with van der Waals surface area (Å²) in [6.07, 6.45) is 3.22. The third-order valence-corrected chi connectivity index (χ3v) is 3.56. The molecule has 4 heteroatoms. The van der Waals surface area contributed by atoms with Gasteiger partial charge in [-0.15, -0.1) is 0 Å². The molecule has 0 amide bonds.